The van der Waals surface area contributed by atoms with Crippen LogP contribution in [-0.2, 0) is 11.2 Å². The normalized spacial score (nSPS) is 15.3. The molecule has 0 aliphatic carbocycles. The van der Waals surface area contributed by atoms with Gasteiger partial charge >= 0.3 is 6.09 Å². The number of benzene rings is 2. The van der Waals surface area contributed by atoms with Crippen LogP contribution in [0.1, 0.15) is 35.7 Å². The summed E-state index contributed by atoms with van der Waals surface area (Å²) in [7, 11) is 1.50. The van der Waals surface area contributed by atoms with Crippen LogP contribution in [0.5, 0.6) is 5.75 Å². The van der Waals surface area contributed by atoms with E-state index >= 15 is 0 Å². The average Bonchev–Trinajstić information content (AvgIpc) is 2.85. The number of hydrogen-bond donors (Lipinski definition) is 3. The highest BCUT2D eigenvalue weighted by Crippen LogP contribution is 2.29. The second-order valence-electron chi connectivity index (χ2n) is 8.78. The molecule has 9 heteroatoms. The Hall–Kier alpha value is -2.97. The Labute approximate surface area is 212 Å². The van der Waals surface area contributed by atoms with Crippen LogP contribution in [0.4, 0.5) is 10.5 Å². The van der Waals surface area contributed by atoms with Gasteiger partial charge in [0.25, 0.3) is 5.91 Å². The fourth-order valence-electron chi connectivity index (χ4n) is 4.33. The first kappa shape index (κ1) is 26.6. The molecule has 8 nitrogen and oxygen atoms in total. The summed E-state index contributed by atoms with van der Waals surface area (Å²) in [6.45, 7) is 5.25. The number of ether oxygens (including phenoxy) is 2. The van der Waals surface area contributed by atoms with E-state index in [0.717, 1.165) is 38.9 Å². The molecule has 4 N–H and O–H groups in total. The molecule has 0 radical (unpaired) electrons. The average molecular weight is 503 g/mol. The first-order chi connectivity index (χ1) is 16.9. The lowest BCUT2D eigenvalue weighted by atomic mass is 9.95. The summed E-state index contributed by atoms with van der Waals surface area (Å²) in [6.07, 6.45) is 2.26. The van der Waals surface area contributed by atoms with E-state index in [1.165, 1.54) is 18.7 Å². The van der Waals surface area contributed by atoms with Gasteiger partial charge in [-0.2, -0.15) is 0 Å². The molecular formula is C26H35ClN4O4. The molecule has 0 spiro atoms. The molecule has 3 rings (SSSR count). The van der Waals surface area contributed by atoms with Crippen molar-refractivity contribution in [3.05, 3.63) is 58.6 Å². The molecule has 2 amide bonds. The molecule has 1 heterocycles. The number of likely N-dealkylation sites (tertiary alicyclic amines) is 1. The highest BCUT2D eigenvalue weighted by Gasteiger charge is 2.24. The SMILES string of the molecule is CCOC(=O)NC(Cc1ccccc1)CN1CCC(CNC(=O)c2cc(Cl)c(N)cc2OC)CC1. The van der Waals surface area contributed by atoms with E-state index in [-0.39, 0.29) is 18.0 Å². The molecule has 2 aromatic rings. The van der Waals surface area contributed by atoms with Gasteiger partial charge in [-0.25, -0.2) is 4.79 Å². The number of nitrogens with one attached hydrogen (secondary N) is 2. The minimum atomic E-state index is -0.385. The number of hydrogen-bond acceptors (Lipinski definition) is 6. The van der Waals surface area contributed by atoms with Crippen molar-refractivity contribution in [3.8, 4) is 5.75 Å². The van der Waals surface area contributed by atoms with Crippen LogP contribution >= 0.6 is 11.6 Å². The number of nitrogens with zero attached hydrogens (tertiary/aromatic N) is 1. The fourth-order valence-corrected chi connectivity index (χ4v) is 4.50. The van der Waals surface area contributed by atoms with Crippen LogP contribution < -0.4 is 21.1 Å². The summed E-state index contributed by atoms with van der Waals surface area (Å²) in [5.41, 5.74) is 7.72. The van der Waals surface area contributed by atoms with Gasteiger partial charge in [0, 0.05) is 25.2 Å². The molecular weight excluding hydrogens is 468 g/mol. The first-order valence-electron chi connectivity index (χ1n) is 12.0. The van der Waals surface area contributed by atoms with Crippen LogP contribution in [0.15, 0.2) is 42.5 Å². The van der Waals surface area contributed by atoms with Gasteiger partial charge in [-0.05, 0) is 56.8 Å². The molecule has 1 fully saturated rings. The Morgan fingerprint density at radius 3 is 2.57 bits per heavy atom. The van der Waals surface area contributed by atoms with E-state index in [9.17, 15) is 9.59 Å². The maximum atomic E-state index is 12.7. The van der Waals surface area contributed by atoms with Gasteiger partial charge in [0.15, 0.2) is 0 Å². The van der Waals surface area contributed by atoms with Gasteiger partial charge in [0.05, 0.1) is 30.0 Å². The molecule has 1 atom stereocenters. The van der Waals surface area contributed by atoms with Crippen LogP contribution in [0.2, 0.25) is 5.02 Å². The zero-order chi connectivity index (χ0) is 25.2. The zero-order valence-electron chi connectivity index (χ0n) is 20.4. The standard InChI is InChI=1S/C26H35ClN4O4/c1-3-35-26(33)30-20(13-18-7-5-4-6-8-18)17-31-11-9-19(10-12-31)16-29-25(32)21-14-22(27)23(28)15-24(21)34-2/h4-8,14-15,19-20H,3,9-13,16-17,28H2,1-2H3,(H,29,32)(H,30,33). The summed E-state index contributed by atoms with van der Waals surface area (Å²) in [5.74, 6) is 0.543. The number of alkyl carbamates (subject to hydrolysis) is 1. The van der Waals surface area contributed by atoms with Crippen molar-refractivity contribution in [2.24, 2.45) is 5.92 Å². The molecule has 0 bridgehead atoms. The van der Waals surface area contributed by atoms with Crippen LogP contribution in [0.3, 0.4) is 0 Å². The van der Waals surface area contributed by atoms with Crippen molar-refractivity contribution < 1.29 is 19.1 Å². The van der Waals surface area contributed by atoms with E-state index in [2.05, 4.69) is 27.7 Å². The topological polar surface area (TPSA) is 106 Å². The predicted octanol–water partition coefficient (Wildman–Crippen LogP) is 3.73. The molecule has 0 aromatic heterocycles. The lowest BCUT2D eigenvalue weighted by molar-refractivity contribution is 0.0931. The second-order valence-corrected chi connectivity index (χ2v) is 9.19. The number of nitrogens with two attached hydrogens (primary N) is 1. The number of halogens is 1. The van der Waals surface area contributed by atoms with E-state index < -0.39 is 0 Å². The third kappa shape index (κ3) is 8.04. The maximum Gasteiger partial charge on any atom is 0.407 e. The van der Waals surface area contributed by atoms with Crippen LogP contribution in [0, 0.1) is 5.92 Å². The third-order valence-electron chi connectivity index (χ3n) is 6.22. The van der Waals surface area contributed by atoms with E-state index in [1.807, 2.05) is 18.2 Å². The number of nitrogen functional groups attached to an aromatic ring is 1. The monoisotopic (exact) mass is 502 g/mol. The Balaban J connectivity index is 1.50. The van der Waals surface area contributed by atoms with Crippen molar-refractivity contribution in [3.63, 3.8) is 0 Å². The summed E-state index contributed by atoms with van der Waals surface area (Å²) in [5, 5.41) is 6.34. The predicted molar refractivity (Wildman–Crippen MR) is 138 cm³/mol. The van der Waals surface area contributed by atoms with E-state index in [1.54, 1.807) is 13.0 Å². The number of carbonyl (C=O) groups is 2. The molecule has 0 saturated carbocycles. The van der Waals surface area contributed by atoms with Gasteiger partial charge in [0.2, 0.25) is 0 Å². The zero-order valence-corrected chi connectivity index (χ0v) is 21.1. The molecule has 2 aromatic carbocycles. The fraction of sp³-hybridized carbons (Fsp3) is 0.462. The summed E-state index contributed by atoms with van der Waals surface area (Å²) in [4.78, 5) is 27.2. The van der Waals surface area contributed by atoms with Gasteiger partial charge in [-0.1, -0.05) is 41.9 Å². The number of amides is 2. The van der Waals surface area contributed by atoms with Gasteiger partial charge < -0.3 is 30.7 Å². The third-order valence-corrected chi connectivity index (χ3v) is 6.55. The molecule has 1 aliphatic heterocycles. The van der Waals surface area contributed by atoms with Crippen LogP contribution in [0.25, 0.3) is 0 Å². The van der Waals surface area contributed by atoms with Crippen molar-refractivity contribution in [1.29, 1.82) is 0 Å². The number of carbonyl (C=O) groups excluding carboxylic acids is 2. The largest absolute Gasteiger partial charge is 0.496 e. The van der Waals surface area contributed by atoms with Crippen molar-refractivity contribution in [2.45, 2.75) is 32.2 Å². The highest BCUT2D eigenvalue weighted by atomic mass is 35.5. The Morgan fingerprint density at radius 2 is 1.91 bits per heavy atom. The van der Waals surface area contributed by atoms with E-state index in [4.69, 9.17) is 26.8 Å². The summed E-state index contributed by atoms with van der Waals surface area (Å²) >= 11 is 6.09. The number of piperidine rings is 1. The first-order valence-corrected chi connectivity index (χ1v) is 12.4. The summed E-state index contributed by atoms with van der Waals surface area (Å²) < 4.78 is 10.4. The van der Waals surface area contributed by atoms with E-state index in [0.29, 0.717) is 41.1 Å². The van der Waals surface area contributed by atoms with Crippen LogP contribution in [-0.4, -0.2) is 62.8 Å². The maximum absolute atomic E-state index is 12.7. The minimum Gasteiger partial charge on any atom is -0.496 e. The Kier molecular flexibility index (Phi) is 10.0. The van der Waals surface area contributed by atoms with Gasteiger partial charge in [-0.3, -0.25) is 4.79 Å². The quantitative estimate of drug-likeness (QED) is 0.427. The number of methoxy groups -OCH3 is 1. The lowest BCUT2D eigenvalue weighted by Gasteiger charge is -2.34. The minimum absolute atomic E-state index is 0.0459. The highest BCUT2D eigenvalue weighted by molar-refractivity contribution is 6.33. The Morgan fingerprint density at radius 1 is 1.20 bits per heavy atom. The molecule has 35 heavy (non-hydrogen) atoms. The smallest absolute Gasteiger partial charge is 0.407 e. The van der Waals surface area contributed by atoms with Gasteiger partial charge in [-0.15, -0.1) is 0 Å². The van der Waals surface area contributed by atoms with Crippen molar-refractivity contribution >= 4 is 29.3 Å². The molecule has 1 aliphatic rings. The summed E-state index contributed by atoms with van der Waals surface area (Å²) in [6, 6.07) is 13.2. The van der Waals surface area contributed by atoms with Gasteiger partial charge in [0.1, 0.15) is 5.75 Å². The van der Waals surface area contributed by atoms with Crippen molar-refractivity contribution in [2.75, 3.05) is 45.6 Å². The van der Waals surface area contributed by atoms with Crippen molar-refractivity contribution in [1.82, 2.24) is 15.5 Å². The number of rotatable bonds is 10. The second kappa shape index (κ2) is 13.2. The Bertz CT molecular complexity index is 981. The number of anilines is 1. The molecule has 1 saturated heterocycles. The lowest BCUT2D eigenvalue weighted by Crippen LogP contribution is -2.48. The molecule has 1 unspecified atom stereocenters. The molecule has 190 valence electrons.